The number of anilines is 2. The lowest BCUT2D eigenvalue weighted by molar-refractivity contribution is -0.118. The molecule has 3 atom stereocenters. The van der Waals surface area contributed by atoms with Crippen molar-refractivity contribution in [3.05, 3.63) is 82.5 Å². The summed E-state index contributed by atoms with van der Waals surface area (Å²) in [6, 6.07) is 5.50. The SMILES string of the molecule is Cc1nc(C(C)n2cc(NC(=O)c3cncc(-c4c(C(F)F)ccc(Cl)c4F)n3)cn2)ccc1N1C[C@H]2C[C@H]2C1=O. The van der Waals surface area contributed by atoms with Crippen molar-refractivity contribution >= 4 is 34.8 Å². The smallest absolute Gasteiger partial charge is 0.275 e. The quantitative estimate of drug-likeness (QED) is 0.304. The normalized spacial score (nSPS) is 18.5. The number of carbonyl (C=O) groups is 2. The first-order valence-corrected chi connectivity index (χ1v) is 13.2. The number of aryl methyl sites for hydroxylation is 1. The van der Waals surface area contributed by atoms with Crippen LogP contribution in [0.4, 0.5) is 24.5 Å². The molecule has 1 saturated carbocycles. The molecule has 0 spiro atoms. The Labute approximate surface area is 237 Å². The van der Waals surface area contributed by atoms with Crippen LogP contribution in [0.5, 0.6) is 0 Å². The fourth-order valence-electron chi connectivity index (χ4n) is 5.13. The molecular formula is C28H23ClF3N7O2. The van der Waals surface area contributed by atoms with E-state index in [1.54, 1.807) is 10.9 Å². The number of aromatic nitrogens is 5. The molecule has 4 heterocycles. The van der Waals surface area contributed by atoms with Crippen LogP contribution in [0.2, 0.25) is 5.02 Å². The number of nitrogens with zero attached hydrogens (tertiary/aromatic N) is 6. The Morgan fingerprint density at radius 2 is 1.95 bits per heavy atom. The van der Waals surface area contributed by atoms with Crippen molar-refractivity contribution < 1.29 is 22.8 Å². The zero-order chi connectivity index (χ0) is 29.0. The second kappa shape index (κ2) is 10.3. The minimum Gasteiger partial charge on any atom is -0.318 e. The lowest BCUT2D eigenvalue weighted by Crippen LogP contribution is -2.29. The second-order valence-electron chi connectivity index (χ2n) is 10.1. The van der Waals surface area contributed by atoms with Crippen LogP contribution in [0.1, 0.15) is 53.3 Å². The Balaban J connectivity index is 1.18. The number of benzene rings is 1. The van der Waals surface area contributed by atoms with Crippen LogP contribution in [-0.2, 0) is 4.79 Å². The number of alkyl halides is 2. The third-order valence-electron chi connectivity index (χ3n) is 7.46. The average Bonchev–Trinajstić information content (AvgIpc) is 3.45. The fraction of sp³-hybridized carbons (Fsp3) is 0.286. The number of piperidine rings is 1. The predicted octanol–water partition coefficient (Wildman–Crippen LogP) is 5.62. The molecule has 1 N–H and O–H groups in total. The van der Waals surface area contributed by atoms with Crippen LogP contribution in [-0.4, -0.2) is 43.1 Å². The van der Waals surface area contributed by atoms with E-state index in [1.807, 2.05) is 30.9 Å². The van der Waals surface area contributed by atoms with Crippen LogP contribution in [0.15, 0.2) is 49.1 Å². The number of rotatable bonds is 7. The van der Waals surface area contributed by atoms with Crippen LogP contribution < -0.4 is 10.2 Å². The fourth-order valence-corrected chi connectivity index (χ4v) is 5.29. The molecule has 2 aliphatic rings. The Morgan fingerprint density at radius 3 is 2.66 bits per heavy atom. The molecule has 0 radical (unpaired) electrons. The van der Waals surface area contributed by atoms with E-state index in [0.717, 1.165) is 54.6 Å². The lowest BCUT2D eigenvalue weighted by Gasteiger charge is -2.21. The molecule has 1 aliphatic carbocycles. The molecular weight excluding hydrogens is 559 g/mol. The zero-order valence-corrected chi connectivity index (χ0v) is 22.6. The van der Waals surface area contributed by atoms with E-state index in [9.17, 15) is 22.8 Å². The van der Waals surface area contributed by atoms with Gasteiger partial charge in [0.2, 0.25) is 5.91 Å². The highest BCUT2D eigenvalue weighted by molar-refractivity contribution is 6.31. The molecule has 4 aromatic rings. The summed E-state index contributed by atoms with van der Waals surface area (Å²) in [6.07, 6.45) is 3.25. The van der Waals surface area contributed by atoms with E-state index in [0.29, 0.717) is 11.6 Å². The van der Waals surface area contributed by atoms with Gasteiger partial charge in [-0.05, 0) is 44.4 Å². The topological polar surface area (TPSA) is 106 Å². The van der Waals surface area contributed by atoms with Gasteiger partial charge in [-0.1, -0.05) is 17.7 Å². The molecule has 2 fully saturated rings. The lowest BCUT2D eigenvalue weighted by atomic mass is 10.0. The number of carbonyl (C=O) groups excluding carboxylic acids is 2. The van der Waals surface area contributed by atoms with Gasteiger partial charge < -0.3 is 10.2 Å². The summed E-state index contributed by atoms with van der Waals surface area (Å²) in [4.78, 5) is 39.9. The molecule has 2 amide bonds. The summed E-state index contributed by atoms with van der Waals surface area (Å²) in [5, 5.41) is 6.61. The van der Waals surface area contributed by atoms with Gasteiger partial charge in [-0.25, -0.2) is 18.2 Å². The number of hydrogen-bond acceptors (Lipinski definition) is 6. The summed E-state index contributed by atoms with van der Waals surface area (Å²) in [6.45, 7) is 4.50. The molecule has 3 aromatic heterocycles. The van der Waals surface area contributed by atoms with E-state index in [2.05, 4.69) is 20.4 Å². The molecule has 1 saturated heterocycles. The monoisotopic (exact) mass is 581 g/mol. The molecule has 0 bridgehead atoms. The van der Waals surface area contributed by atoms with Gasteiger partial charge in [0.15, 0.2) is 5.82 Å². The maximum Gasteiger partial charge on any atom is 0.275 e. The van der Waals surface area contributed by atoms with Crippen molar-refractivity contribution in [2.75, 3.05) is 16.8 Å². The number of halogens is 4. The number of nitrogens with one attached hydrogen (secondary N) is 1. The third-order valence-corrected chi connectivity index (χ3v) is 7.75. The number of pyridine rings is 1. The van der Waals surface area contributed by atoms with E-state index in [1.165, 1.54) is 6.20 Å². The van der Waals surface area contributed by atoms with E-state index >= 15 is 0 Å². The van der Waals surface area contributed by atoms with Gasteiger partial charge in [-0.2, -0.15) is 5.10 Å². The average molecular weight is 582 g/mol. The van der Waals surface area contributed by atoms with E-state index < -0.39 is 29.3 Å². The standard InChI is InChI=1S/C28H23ClF3N7O2/c1-13-23(38-11-15-7-18(15)28(38)41)6-5-20(35-13)14(2)39-12-16(8-34-39)36-27(40)22-10-33-9-21(37-22)24-17(26(31)32)3-4-19(29)25(24)30/h3-6,8-10,12,14-15,18,26H,7,11H2,1-2H3,(H,36,40)/t14?,15-,18-/m1/s1. The first kappa shape index (κ1) is 26.9. The molecule has 41 heavy (non-hydrogen) atoms. The van der Waals surface area contributed by atoms with Crippen molar-refractivity contribution in [3.8, 4) is 11.3 Å². The maximum atomic E-state index is 14.7. The Kier molecular flexibility index (Phi) is 6.72. The van der Waals surface area contributed by atoms with Crippen LogP contribution in [0.3, 0.4) is 0 Å². The first-order chi connectivity index (χ1) is 19.6. The van der Waals surface area contributed by atoms with E-state index in [4.69, 9.17) is 16.6 Å². The molecule has 6 rings (SSSR count). The van der Waals surface area contributed by atoms with Crippen molar-refractivity contribution in [1.29, 1.82) is 0 Å². The maximum absolute atomic E-state index is 14.7. The summed E-state index contributed by atoms with van der Waals surface area (Å²) in [5.74, 6) is -0.992. The molecule has 210 valence electrons. The third kappa shape index (κ3) is 4.92. The largest absolute Gasteiger partial charge is 0.318 e. The molecule has 1 unspecified atom stereocenters. The van der Waals surface area contributed by atoms with Crippen LogP contribution >= 0.6 is 11.6 Å². The Morgan fingerprint density at radius 1 is 1.15 bits per heavy atom. The van der Waals surface area contributed by atoms with Gasteiger partial charge in [0, 0.05) is 29.8 Å². The van der Waals surface area contributed by atoms with Gasteiger partial charge >= 0.3 is 0 Å². The van der Waals surface area contributed by atoms with Crippen molar-refractivity contribution in [2.24, 2.45) is 11.8 Å². The summed E-state index contributed by atoms with van der Waals surface area (Å²) in [5.41, 5.74) is 1.01. The number of hydrogen-bond donors (Lipinski definition) is 1. The highest BCUT2D eigenvalue weighted by Gasteiger charge is 2.52. The summed E-state index contributed by atoms with van der Waals surface area (Å²) < 4.78 is 43.4. The summed E-state index contributed by atoms with van der Waals surface area (Å²) >= 11 is 5.80. The Bertz CT molecular complexity index is 1700. The van der Waals surface area contributed by atoms with Crippen LogP contribution in [0, 0.1) is 24.6 Å². The highest BCUT2D eigenvalue weighted by atomic mass is 35.5. The predicted molar refractivity (Wildman–Crippen MR) is 144 cm³/mol. The van der Waals surface area contributed by atoms with Gasteiger partial charge in [0.1, 0.15) is 5.69 Å². The molecule has 1 aliphatic heterocycles. The summed E-state index contributed by atoms with van der Waals surface area (Å²) in [7, 11) is 0. The van der Waals surface area contributed by atoms with Crippen molar-refractivity contribution in [1.82, 2.24) is 24.7 Å². The highest BCUT2D eigenvalue weighted by Crippen LogP contribution is 2.47. The molecule has 13 heteroatoms. The van der Waals surface area contributed by atoms with E-state index in [-0.39, 0.29) is 34.3 Å². The minimum atomic E-state index is -2.99. The number of fused-ring (bicyclic) bond motifs is 1. The number of amides is 2. The minimum absolute atomic E-state index is 0.160. The molecule has 1 aromatic carbocycles. The van der Waals surface area contributed by atoms with Gasteiger partial charge in [-0.15, -0.1) is 0 Å². The van der Waals surface area contributed by atoms with Crippen molar-refractivity contribution in [2.45, 2.75) is 32.7 Å². The van der Waals surface area contributed by atoms with Gasteiger partial charge in [0.05, 0.1) is 58.1 Å². The van der Waals surface area contributed by atoms with Gasteiger partial charge in [-0.3, -0.25) is 24.2 Å². The van der Waals surface area contributed by atoms with Crippen LogP contribution in [0.25, 0.3) is 11.3 Å². The van der Waals surface area contributed by atoms with Crippen molar-refractivity contribution in [3.63, 3.8) is 0 Å². The molecule has 9 nitrogen and oxygen atoms in total. The Hall–Kier alpha value is -4.32. The zero-order valence-electron chi connectivity index (χ0n) is 21.9. The van der Waals surface area contributed by atoms with Gasteiger partial charge in [0.25, 0.3) is 12.3 Å². The first-order valence-electron chi connectivity index (χ1n) is 12.8. The second-order valence-corrected chi connectivity index (χ2v) is 10.6.